The maximum absolute atomic E-state index is 12.6. The second-order valence-electron chi connectivity index (χ2n) is 5.81. The topological polar surface area (TPSA) is 71.3 Å². The Labute approximate surface area is 163 Å². The molecule has 0 spiro atoms. The quantitative estimate of drug-likeness (QED) is 0.488. The average molecular weight is 370 g/mol. The van der Waals surface area contributed by atoms with Gasteiger partial charge in [-0.15, -0.1) is 0 Å². The molecule has 0 atom stereocenters. The molecule has 5 nitrogen and oxygen atoms in total. The van der Waals surface area contributed by atoms with Gasteiger partial charge in [0, 0.05) is 0 Å². The molecule has 0 aliphatic carbocycles. The van der Waals surface area contributed by atoms with Crippen LogP contribution in [-0.4, -0.2) is 13.0 Å². The lowest BCUT2D eigenvalue weighted by atomic mass is 10.1. The number of para-hydroxylation sites is 3. The number of anilines is 1. The minimum absolute atomic E-state index is 0.0252. The Kier molecular flexibility index (Phi) is 6.06. The number of amides is 1. The molecule has 3 aromatic carbocycles. The smallest absolute Gasteiger partial charge is 0.266 e. The molecular formula is C23H18N2O3. The highest BCUT2D eigenvalue weighted by atomic mass is 16.5. The third kappa shape index (κ3) is 4.77. The molecular weight excluding hydrogens is 352 g/mol. The summed E-state index contributed by atoms with van der Waals surface area (Å²) in [7, 11) is 1.56. The van der Waals surface area contributed by atoms with Gasteiger partial charge in [-0.3, -0.25) is 4.79 Å². The maximum Gasteiger partial charge on any atom is 0.266 e. The van der Waals surface area contributed by atoms with E-state index in [4.69, 9.17) is 9.47 Å². The molecule has 0 aliphatic heterocycles. The number of hydrogen-bond donors (Lipinski definition) is 1. The molecule has 138 valence electrons. The number of benzene rings is 3. The number of rotatable bonds is 6. The van der Waals surface area contributed by atoms with Crippen LogP contribution in [0, 0.1) is 11.3 Å². The molecule has 1 N–H and O–H groups in total. The van der Waals surface area contributed by atoms with Crippen LogP contribution in [0.4, 0.5) is 5.69 Å². The van der Waals surface area contributed by atoms with Gasteiger partial charge in [-0.05, 0) is 48.0 Å². The van der Waals surface area contributed by atoms with E-state index in [1.807, 2.05) is 42.5 Å². The van der Waals surface area contributed by atoms with Crippen LogP contribution in [0.1, 0.15) is 5.56 Å². The molecule has 5 heteroatoms. The molecule has 28 heavy (non-hydrogen) atoms. The van der Waals surface area contributed by atoms with Crippen LogP contribution in [0.15, 0.2) is 84.4 Å². The van der Waals surface area contributed by atoms with Gasteiger partial charge in [0.15, 0.2) is 5.75 Å². The van der Waals surface area contributed by atoms with E-state index >= 15 is 0 Å². The van der Waals surface area contributed by atoms with E-state index in [0.717, 1.165) is 0 Å². The van der Waals surface area contributed by atoms with Crippen molar-refractivity contribution in [1.82, 2.24) is 0 Å². The molecule has 0 aliphatic rings. The largest absolute Gasteiger partial charge is 0.497 e. The Morgan fingerprint density at radius 2 is 1.68 bits per heavy atom. The first-order valence-corrected chi connectivity index (χ1v) is 8.59. The normalized spacial score (nSPS) is 10.6. The van der Waals surface area contributed by atoms with Gasteiger partial charge in [0.2, 0.25) is 0 Å². The molecule has 0 radical (unpaired) electrons. The molecule has 0 fully saturated rings. The maximum atomic E-state index is 12.6. The lowest BCUT2D eigenvalue weighted by molar-refractivity contribution is -0.112. The van der Waals surface area contributed by atoms with Gasteiger partial charge in [0.25, 0.3) is 5.91 Å². The van der Waals surface area contributed by atoms with Gasteiger partial charge in [0.1, 0.15) is 23.1 Å². The molecule has 0 aromatic heterocycles. The third-order valence-electron chi connectivity index (χ3n) is 3.88. The molecule has 1 amide bonds. The van der Waals surface area contributed by atoms with E-state index in [-0.39, 0.29) is 5.57 Å². The summed E-state index contributed by atoms with van der Waals surface area (Å²) in [6.45, 7) is 0. The Balaban J connectivity index is 1.81. The van der Waals surface area contributed by atoms with Gasteiger partial charge >= 0.3 is 0 Å². The number of nitrogens with one attached hydrogen (secondary N) is 1. The zero-order chi connectivity index (χ0) is 19.8. The fourth-order valence-corrected chi connectivity index (χ4v) is 2.51. The molecule has 3 aromatic rings. The Hall–Kier alpha value is -4.04. The minimum atomic E-state index is -0.519. The highest BCUT2D eigenvalue weighted by molar-refractivity contribution is 6.10. The predicted molar refractivity (Wildman–Crippen MR) is 108 cm³/mol. The van der Waals surface area contributed by atoms with Crippen molar-refractivity contribution < 1.29 is 14.3 Å². The fourth-order valence-electron chi connectivity index (χ4n) is 2.51. The first-order valence-electron chi connectivity index (χ1n) is 8.59. The number of ether oxygens (including phenoxy) is 2. The van der Waals surface area contributed by atoms with Gasteiger partial charge in [-0.1, -0.05) is 42.5 Å². The van der Waals surface area contributed by atoms with E-state index in [1.54, 1.807) is 49.6 Å². The van der Waals surface area contributed by atoms with Crippen LogP contribution in [0.3, 0.4) is 0 Å². The fraction of sp³-hybridized carbons (Fsp3) is 0.0435. The van der Waals surface area contributed by atoms with Gasteiger partial charge in [-0.25, -0.2) is 0 Å². The predicted octanol–water partition coefficient (Wildman–Crippen LogP) is 5.03. The number of carbonyl (C=O) groups is 1. The molecule has 3 rings (SSSR count). The first kappa shape index (κ1) is 18.7. The minimum Gasteiger partial charge on any atom is -0.497 e. The number of methoxy groups -OCH3 is 1. The molecule has 0 unspecified atom stereocenters. The summed E-state index contributed by atoms with van der Waals surface area (Å²) in [5.74, 6) is 1.26. The van der Waals surface area contributed by atoms with E-state index in [1.165, 1.54) is 6.08 Å². The highest BCUT2D eigenvalue weighted by Gasteiger charge is 2.13. The van der Waals surface area contributed by atoms with Crippen molar-refractivity contribution in [2.75, 3.05) is 12.4 Å². The number of nitrogens with zero attached hydrogens (tertiary/aromatic N) is 1. The lowest BCUT2D eigenvalue weighted by Crippen LogP contribution is -2.14. The third-order valence-corrected chi connectivity index (χ3v) is 3.88. The Morgan fingerprint density at radius 3 is 2.43 bits per heavy atom. The van der Waals surface area contributed by atoms with Crippen molar-refractivity contribution in [2.24, 2.45) is 0 Å². The highest BCUT2D eigenvalue weighted by Crippen LogP contribution is 2.29. The average Bonchev–Trinajstić information content (AvgIpc) is 2.74. The second kappa shape index (κ2) is 9.06. The van der Waals surface area contributed by atoms with E-state index < -0.39 is 5.91 Å². The van der Waals surface area contributed by atoms with Crippen molar-refractivity contribution in [3.05, 3.63) is 90.0 Å². The van der Waals surface area contributed by atoms with Crippen molar-refractivity contribution in [3.8, 4) is 23.3 Å². The van der Waals surface area contributed by atoms with Crippen LogP contribution in [0.5, 0.6) is 17.2 Å². The van der Waals surface area contributed by atoms with Crippen LogP contribution >= 0.6 is 0 Å². The summed E-state index contributed by atoms with van der Waals surface area (Å²) in [6, 6.07) is 25.4. The van der Waals surface area contributed by atoms with E-state index in [9.17, 15) is 10.1 Å². The zero-order valence-electron chi connectivity index (χ0n) is 15.3. The zero-order valence-corrected chi connectivity index (χ0v) is 15.3. The molecule has 0 saturated heterocycles. The second-order valence-corrected chi connectivity index (χ2v) is 5.81. The summed E-state index contributed by atoms with van der Waals surface area (Å²) in [5, 5.41) is 12.2. The van der Waals surface area contributed by atoms with Crippen molar-refractivity contribution in [2.45, 2.75) is 0 Å². The molecule has 0 saturated carbocycles. The summed E-state index contributed by atoms with van der Waals surface area (Å²) < 4.78 is 11.0. The van der Waals surface area contributed by atoms with Crippen molar-refractivity contribution in [1.29, 1.82) is 5.26 Å². The number of nitriles is 1. The van der Waals surface area contributed by atoms with E-state index in [0.29, 0.717) is 28.5 Å². The molecule has 0 bridgehead atoms. The van der Waals surface area contributed by atoms with E-state index in [2.05, 4.69) is 5.32 Å². The van der Waals surface area contributed by atoms with Gasteiger partial charge in [0.05, 0.1) is 12.8 Å². The Bertz CT molecular complexity index is 1040. The molecule has 0 heterocycles. The van der Waals surface area contributed by atoms with Gasteiger partial charge < -0.3 is 14.8 Å². The van der Waals surface area contributed by atoms with Crippen molar-refractivity contribution in [3.63, 3.8) is 0 Å². The van der Waals surface area contributed by atoms with Crippen LogP contribution in [-0.2, 0) is 4.79 Å². The standard InChI is InChI=1S/C23H18N2O3/c1-27-20-11-7-8-17(15-20)14-18(16-24)23(26)25-21-12-5-6-13-22(21)28-19-9-3-2-4-10-19/h2-15H,1H3,(H,25,26)/b18-14+. The lowest BCUT2D eigenvalue weighted by Gasteiger charge is -2.12. The van der Waals surface area contributed by atoms with Crippen LogP contribution in [0.2, 0.25) is 0 Å². The van der Waals surface area contributed by atoms with Crippen molar-refractivity contribution >= 4 is 17.7 Å². The summed E-state index contributed by atoms with van der Waals surface area (Å²) in [5.41, 5.74) is 1.14. The Morgan fingerprint density at radius 1 is 0.964 bits per heavy atom. The van der Waals surface area contributed by atoms with Crippen LogP contribution < -0.4 is 14.8 Å². The number of hydrogen-bond acceptors (Lipinski definition) is 4. The summed E-state index contributed by atoms with van der Waals surface area (Å²) >= 11 is 0. The van der Waals surface area contributed by atoms with Gasteiger partial charge in [-0.2, -0.15) is 5.26 Å². The monoisotopic (exact) mass is 370 g/mol. The summed E-state index contributed by atoms with van der Waals surface area (Å²) in [6.07, 6.45) is 1.51. The summed E-state index contributed by atoms with van der Waals surface area (Å²) in [4.78, 5) is 12.6. The van der Waals surface area contributed by atoms with Crippen LogP contribution in [0.25, 0.3) is 6.08 Å². The first-order chi connectivity index (χ1) is 13.7. The number of carbonyl (C=O) groups excluding carboxylic acids is 1. The SMILES string of the molecule is COc1cccc(/C=C(\C#N)C(=O)Nc2ccccc2Oc2ccccc2)c1.